The molecule has 0 saturated carbocycles. The van der Waals surface area contributed by atoms with Crippen LogP contribution >= 0.6 is 24.0 Å². The first kappa shape index (κ1) is 25.3. The molecule has 0 radical (unpaired) electrons. The van der Waals surface area contributed by atoms with Crippen LogP contribution in [0.1, 0.15) is 32.3 Å². The third-order valence-corrected chi connectivity index (χ3v) is 6.28. The third-order valence-electron chi connectivity index (χ3n) is 6.28. The number of guanidine groups is 1. The molecule has 0 unspecified atom stereocenters. The van der Waals surface area contributed by atoms with Gasteiger partial charge >= 0.3 is 0 Å². The monoisotopic (exact) mass is 534 g/mol. The van der Waals surface area contributed by atoms with Gasteiger partial charge in [0, 0.05) is 57.4 Å². The fourth-order valence-corrected chi connectivity index (χ4v) is 4.19. The van der Waals surface area contributed by atoms with E-state index < -0.39 is 0 Å². The molecule has 2 N–H and O–H groups in total. The van der Waals surface area contributed by atoms with Crippen LogP contribution < -0.4 is 10.6 Å². The van der Waals surface area contributed by atoms with Gasteiger partial charge in [-0.2, -0.15) is 0 Å². The molecule has 8 heteroatoms. The van der Waals surface area contributed by atoms with Crippen molar-refractivity contribution in [2.45, 2.75) is 37.6 Å². The van der Waals surface area contributed by atoms with Crippen molar-refractivity contribution in [3.8, 4) is 0 Å². The van der Waals surface area contributed by atoms with Crippen molar-refractivity contribution in [1.82, 2.24) is 15.5 Å². The first-order chi connectivity index (χ1) is 14.0. The summed E-state index contributed by atoms with van der Waals surface area (Å²) in [6, 6.07) is 6.90. The molecule has 1 aromatic rings. The fraction of sp³-hybridized carbons (Fsp3) is 0.682. The van der Waals surface area contributed by atoms with E-state index in [2.05, 4.69) is 34.4 Å². The number of hydrogen-bond acceptors (Lipinski definition) is 4. The molecule has 0 bridgehead atoms. The second kappa shape index (κ2) is 11.6. The predicted molar refractivity (Wildman–Crippen MR) is 129 cm³/mol. The molecule has 30 heavy (non-hydrogen) atoms. The Bertz CT molecular complexity index is 672. The van der Waals surface area contributed by atoms with E-state index in [9.17, 15) is 4.39 Å². The number of hydrogen-bond donors (Lipinski definition) is 2. The lowest BCUT2D eigenvalue weighted by atomic mass is 9.74. The summed E-state index contributed by atoms with van der Waals surface area (Å²) in [5.74, 6) is 0.589. The summed E-state index contributed by atoms with van der Waals surface area (Å²) in [5.41, 5.74) is 1.08. The fourth-order valence-electron chi connectivity index (χ4n) is 4.19. The van der Waals surface area contributed by atoms with Crippen LogP contribution in [0.4, 0.5) is 4.39 Å². The quantitative estimate of drug-likeness (QED) is 0.334. The minimum Gasteiger partial charge on any atom is -0.381 e. The Morgan fingerprint density at radius 3 is 2.27 bits per heavy atom. The highest BCUT2D eigenvalue weighted by molar-refractivity contribution is 14.0. The molecule has 2 saturated heterocycles. The maximum atomic E-state index is 13.4. The number of ether oxygens (including phenoxy) is 2. The number of nitrogens with zero attached hydrogens (tertiary/aromatic N) is 2. The Kier molecular flexibility index (Phi) is 9.77. The van der Waals surface area contributed by atoms with Crippen molar-refractivity contribution >= 4 is 29.9 Å². The second-order valence-corrected chi connectivity index (χ2v) is 8.59. The van der Waals surface area contributed by atoms with Gasteiger partial charge in [0.15, 0.2) is 5.96 Å². The van der Waals surface area contributed by atoms with Crippen LogP contribution in [0.5, 0.6) is 0 Å². The summed E-state index contributed by atoms with van der Waals surface area (Å²) < 4.78 is 24.5. The van der Waals surface area contributed by atoms with Crippen LogP contribution in [0.3, 0.4) is 0 Å². The lowest BCUT2D eigenvalue weighted by Gasteiger charge is -2.41. The highest BCUT2D eigenvalue weighted by Crippen LogP contribution is 2.34. The third kappa shape index (κ3) is 6.51. The standard InChI is InChI=1S/C22H35FN4O2.HI/c1-21(2,27-10-14-29-15-11-27)16-25-20(24-3)26-17-22(8-12-28-13-9-22)18-4-6-19(23)7-5-18;/h4-7H,8-17H2,1-3H3,(H2,24,25,26);1H. The van der Waals surface area contributed by atoms with Gasteiger partial charge < -0.3 is 20.1 Å². The highest BCUT2D eigenvalue weighted by Gasteiger charge is 2.35. The summed E-state index contributed by atoms with van der Waals surface area (Å²) in [6.45, 7) is 10.9. The first-order valence-corrected chi connectivity index (χ1v) is 10.6. The highest BCUT2D eigenvalue weighted by atomic mass is 127. The van der Waals surface area contributed by atoms with Crippen molar-refractivity contribution in [2.75, 3.05) is 59.7 Å². The van der Waals surface area contributed by atoms with Gasteiger partial charge in [0.25, 0.3) is 0 Å². The molecular formula is C22H36FIN4O2. The van der Waals surface area contributed by atoms with Gasteiger partial charge in [-0.25, -0.2) is 4.39 Å². The Morgan fingerprint density at radius 2 is 1.67 bits per heavy atom. The molecule has 2 fully saturated rings. The van der Waals surface area contributed by atoms with Gasteiger partial charge in [-0.1, -0.05) is 12.1 Å². The largest absolute Gasteiger partial charge is 0.381 e. The van der Waals surface area contributed by atoms with E-state index in [0.717, 1.165) is 77.0 Å². The maximum Gasteiger partial charge on any atom is 0.191 e. The number of morpholine rings is 1. The summed E-state index contributed by atoms with van der Waals surface area (Å²) in [4.78, 5) is 6.87. The molecule has 2 aliphatic heterocycles. The van der Waals surface area contributed by atoms with Gasteiger partial charge in [-0.3, -0.25) is 9.89 Å². The van der Waals surface area contributed by atoms with Crippen LogP contribution in [-0.2, 0) is 14.9 Å². The molecule has 2 heterocycles. The first-order valence-electron chi connectivity index (χ1n) is 10.6. The Labute approximate surface area is 197 Å². The molecule has 2 aliphatic rings. The second-order valence-electron chi connectivity index (χ2n) is 8.59. The molecular weight excluding hydrogens is 498 g/mol. The summed E-state index contributed by atoms with van der Waals surface area (Å²) >= 11 is 0. The minimum absolute atomic E-state index is 0. The molecule has 0 amide bonds. The van der Waals surface area contributed by atoms with Gasteiger partial charge in [-0.15, -0.1) is 24.0 Å². The number of rotatable bonds is 6. The van der Waals surface area contributed by atoms with E-state index in [-0.39, 0.29) is 40.7 Å². The van der Waals surface area contributed by atoms with E-state index in [1.165, 1.54) is 0 Å². The summed E-state index contributed by atoms with van der Waals surface area (Å²) in [7, 11) is 1.80. The minimum atomic E-state index is -0.202. The zero-order valence-corrected chi connectivity index (χ0v) is 20.7. The molecule has 0 atom stereocenters. The van der Waals surface area contributed by atoms with Crippen molar-refractivity contribution in [2.24, 2.45) is 4.99 Å². The van der Waals surface area contributed by atoms with E-state index in [4.69, 9.17) is 9.47 Å². The Balaban J connectivity index is 0.00000320. The van der Waals surface area contributed by atoms with Gasteiger partial charge in [-0.05, 0) is 44.4 Å². The SMILES string of the molecule is CN=C(NCC1(c2ccc(F)cc2)CCOCC1)NCC(C)(C)N1CCOCC1.I. The Morgan fingerprint density at radius 1 is 1.07 bits per heavy atom. The van der Waals surface area contributed by atoms with Crippen LogP contribution in [0.25, 0.3) is 0 Å². The van der Waals surface area contributed by atoms with Crippen molar-refractivity contribution in [3.63, 3.8) is 0 Å². The van der Waals surface area contributed by atoms with Crippen molar-refractivity contribution in [3.05, 3.63) is 35.6 Å². The summed E-state index contributed by atoms with van der Waals surface area (Å²) in [5, 5.41) is 7.00. The smallest absolute Gasteiger partial charge is 0.191 e. The molecule has 6 nitrogen and oxygen atoms in total. The summed E-state index contributed by atoms with van der Waals surface area (Å²) in [6.07, 6.45) is 1.81. The number of halogens is 2. The van der Waals surface area contributed by atoms with Crippen molar-refractivity contribution < 1.29 is 13.9 Å². The molecule has 0 spiro atoms. The normalized spacial score (nSPS) is 20.3. The van der Waals surface area contributed by atoms with E-state index >= 15 is 0 Å². The molecule has 0 aliphatic carbocycles. The average molecular weight is 534 g/mol. The lowest BCUT2D eigenvalue weighted by Crippen LogP contribution is -2.57. The number of benzene rings is 1. The molecule has 170 valence electrons. The van der Waals surface area contributed by atoms with Gasteiger partial charge in [0.2, 0.25) is 0 Å². The van der Waals surface area contributed by atoms with E-state index in [1.807, 2.05) is 12.1 Å². The Hall–Kier alpha value is -0.970. The predicted octanol–water partition coefficient (Wildman–Crippen LogP) is 2.77. The molecule has 1 aromatic carbocycles. The van der Waals surface area contributed by atoms with Crippen LogP contribution in [0.2, 0.25) is 0 Å². The van der Waals surface area contributed by atoms with Crippen LogP contribution in [-0.4, -0.2) is 76.1 Å². The van der Waals surface area contributed by atoms with Gasteiger partial charge in [0.1, 0.15) is 5.82 Å². The number of nitrogens with one attached hydrogen (secondary N) is 2. The zero-order valence-electron chi connectivity index (χ0n) is 18.4. The van der Waals surface area contributed by atoms with E-state index in [1.54, 1.807) is 19.2 Å². The topological polar surface area (TPSA) is 58.1 Å². The van der Waals surface area contributed by atoms with Crippen LogP contribution in [0.15, 0.2) is 29.3 Å². The molecule has 0 aromatic heterocycles. The van der Waals surface area contributed by atoms with Gasteiger partial charge in [0.05, 0.1) is 13.2 Å². The van der Waals surface area contributed by atoms with E-state index in [0.29, 0.717) is 0 Å². The molecule has 3 rings (SSSR count). The number of aliphatic imine (C=N–C) groups is 1. The maximum absolute atomic E-state index is 13.4. The van der Waals surface area contributed by atoms with Crippen molar-refractivity contribution in [1.29, 1.82) is 0 Å². The van der Waals surface area contributed by atoms with Crippen LogP contribution in [0, 0.1) is 5.82 Å². The lowest BCUT2D eigenvalue weighted by molar-refractivity contribution is -0.00835. The zero-order chi connectivity index (χ0) is 20.7. The average Bonchev–Trinajstić information content (AvgIpc) is 2.75.